The smallest absolute Gasteiger partial charge is 0.234 e. The second-order valence-corrected chi connectivity index (χ2v) is 11.1. The quantitative estimate of drug-likeness (QED) is 0.206. The summed E-state index contributed by atoms with van der Waals surface area (Å²) in [6.07, 6.45) is 0. The Morgan fingerprint density at radius 2 is 1.76 bits per heavy atom. The third kappa shape index (κ3) is 5.89. The summed E-state index contributed by atoms with van der Waals surface area (Å²) in [5.74, 6) is 1.70. The van der Waals surface area contributed by atoms with Crippen LogP contribution in [0.4, 0.5) is 5.69 Å². The summed E-state index contributed by atoms with van der Waals surface area (Å²) < 4.78 is 9.14. The van der Waals surface area contributed by atoms with Crippen LogP contribution in [0, 0.1) is 20.8 Å². The number of nitrogens with zero attached hydrogens (tertiary/aromatic N) is 4. The molecule has 9 heteroatoms. The molecular formula is C29H29N5O2S2. The standard InChI is InChI=1S/C29H29N5O2S2/c1-5-34-26(16-36-24-13-7-18(2)14-20(24)4)32-33-29(34)37-17-27(35)30-22-10-8-21(9-11-22)28-31-23-12-6-19(3)15-25(23)38-28/h6-15H,5,16-17H2,1-4H3,(H,30,35). The van der Waals surface area contributed by atoms with E-state index in [1.807, 2.05) is 54.8 Å². The van der Waals surface area contributed by atoms with E-state index in [-0.39, 0.29) is 11.7 Å². The molecule has 0 aliphatic heterocycles. The molecule has 7 nitrogen and oxygen atoms in total. The van der Waals surface area contributed by atoms with Gasteiger partial charge in [0.05, 0.1) is 16.0 Å². The van der Waals surface area contributed by atoms with Gasteiger partial charge in [-0.05, 0) is 81.3 Å². The summed E-state index contributed by atoms with van der Waals surface area (Å²) in [6, 6.07) is 20.2. The van der Waals surface area contributed by atoms with E-state index in [9.17, 15) is 4.79 Å². The molecule has 0 aliphatic rings. The van der Waals surface area contributed by atoms with E-state index in [1.54, 1.807) is 11.3 Å². The van der Waals surface area contributed by atoms with E-state index >= 15 is 0 Å². The zero-order valence-electron chi connectivity index (χ0n) is 21.8. The fourth-order valence-electron chi connectivity index (χ4n) is 4.13. The van der Waals surface area contributed by atoms with Crippen LogP contribution in [-0.4, -0.2) is 31.4 Å². The van der Waals surface area contributed by atoms with Crippen molar-refractivity contribution in [3.8, 4) is 16.3 Å². The Morgan fingerprint density at radius 1 is 1.00 bits per heavy atom. The number of rotatable bonds is 9. The van der Waals surface area contributed by atoms with E-state index in [1.165, 1.54) is 27.6 Å². The number of aryl methyl sites for hydroxylation is 3. The number of anilines is 1. The summed E-state index contributed by atoms with van der Waals surface area (Å²) in [7, 11) is 0. The molecule has 1 N–H and O–H groups in total. The normalized spacial score (nSPS) is 11.2. The molecule has 5 rings (SSSR count). The Bertz CT molecular complexity index is 1590. The molecule has 0 atom stereocenters. The van der Waals surface area contributed by atoms with Gasteiger partial charge < -0.3 is 14.6 Å². The molecule has 3 aromatic carbocycles. The molecule has 0 radical (unpaired) electrons. The second kappa shape index (κ2) is 11.4. The minimum absolute atomic E-state index is 0.100. The first-order valence-corrected chi connectivity index (χ1v) is 14.2. The van der Waals surface area contributed by atoms with Crippen molar-refractivity contribution in [3.05, 3.63) is 83.2 Å². The molecule has 0 saturated heterocycles. The maximum atomic E-state index is 12.6. The lowest BCUT2D eigenvalue weighted by atomic mass is 10.1. The van der Waals surface area contributed by atoms with Gasteiger partial charge in [0.25, 0.3) is 0 Å². The van der Waals surface area contributed by atoms with Crippen LogP contribution in [-0.2, 0) is 17.9 Å². The van der Waals surface area contributed by atoms with Crippen LogP contribution in [0.15, 0.2) is 65.8 Å². The Hall–Kier alpha value is -3.69. The highest BCUT2D eigenvalue weighted by molar-refractivity contribution is 7.99. The summed E-state index contributed by atoms with van der Waals surface area (Å²) in [5.41, 5.74) is 6.29. The van der Waals surface area contributed by atoms with Crippen molar-refractivity contribution >= 4 is 44.9 Å². The zero-order chi connectivity index (χ0) is 26.6. The molecule has 0 aliphatic carbocycles. The molecule has 38 heavy (non-hydrogen) atoms. The molecule has 0 fully saturated rings. The minimum atomic E-state index is -0.100. The number of ether oxygens (including phenoxy) is 1. The third-order valence-corrected chi connectivity index (χ3v) is 8.12. The van der Waals surface area contributed by atoms with Gasteiger partial charge >= 0.3 is 0 Å². The minimum Gasteiger partial charge on any atom is -0.485 e. The van der Waals surface area contributed by atoms with E-state index in [0.717, 1.165) is 38.9 Å². The van der Waals surface area contributed by atoms with E-state index < -0.39 is 0 Å². The lowest BCUT2D eigenvalue weighted by Gasteiger charge is -2.11. The zero-order valence-corrected chi connectivity index (χ0v) is 23.4. The highest BCUT2D eigenvalue weighted by Crippen LogP contribution is 2.31. The number of benzene rings is 3. The first-order valence-electron chi connectivity index (χ1n) is 12.4. The summed E-state index contributed by atoms with van der Waals surface area (Å²) >= 11 is 3.04. The molecule has 2 aromatic heterocycles. The fraction of sp³-hybridized carbons (Fsp3) is 0.241. The van der Waals surface area contributed by atoms with Crippen molar-refractivity contribution in [2.45, 2.75) is 46.0 Å². The largest absolute Gasteiger partial charge is 0.485 e. The topological polar surface area (TPSA) is 81.9 Å². The third-order valence-electron chi connectivity index (χ3n) is 6.09. The maximum Gasteiger partial charge on any atom is 0.234 e. The summed E-state index contributed by atoms with van der Waals surface area (Å²) in [6.45, 7) is 9.21. The van der Waals surface area contributed by atoms with Gasteiger partial charge in [0.15, 0.2) is 11.0 Å². The average Bonchev–Trinajstić information content (AvgIpc) is 3.50. The first-order chi connectivity index (χ1) is 18.4. The van der Waals surface area contributed by atoms with Gasteiger partial charge in [0.2, 0.25) is 5.91 Å². The molecule has 2 heterocycles. The predicted molar refractivity (Wildman–Crippen MR) is 155 cm³/mol. The van der Waals surface area contributed by atoms with Gasteiger partial charge in [-0.15, -0.1) is 21.5 Å². The van der Waals surface area contributed by atoms with Gasteiger partial charge in [-0.1, -0.05) is 35.5 Å². The molecule has 1 amide bonds. The van der Waals surface area contributed by atoms with E-state index in [0.29, 0.717) is 18.3 Å². The molecule has 194 valence electrons. The van der Waals surface area contributed by atoms with Crippen LogP contribution < -0.4 is 10.1 Å². The van der Waals surface area contributed by atoms with Crippen molar-refractivity contribution < 1.29 is 9.53 Å². The Kier molecular flexibility index (Phi) is 7.76. The lowest BCUT2D eigenvalue weighted by Crippen LogP contribution is -2.15. The lowest BCUT2D eigenvalue weighted by molar-refractivity contribution is -0.113. The SMILES string of the molecule is CCn1c(COc2ccc(C)cc2C)nnc1SCC(=O)Nc1ccc(-c2nc3ccc(C)cc3s2)cc1. The summed E-state index contributed by atoms with van der Waals surface area (Å²) in [4.78, 5) is 17.4. The number of hydrogen-bond donors (Lipinski definition) is 1. The van der Waals surface area contributed by atoms with Crippen molar-refractivity contribution in [1.82, 2.24) is 19.7 Å². The summed E-state index contributed by atoms with van der Waals surface area (Å²) in [5, 5.41) is 13.2. The van der Waals surface area contributed by atoms with Gasteiger partial charge in [-0.25, -0.2) is 4.98 Å². The highest BCUT2D eigenvalue weighted by Gasteiger charge is 2.15. The van der Waals surface area contributed by atoms with Crippen molar-refractivity contribution in [2.75, 3.05) is 11.1 Å². The highest BCUT2D eigenvalue weighted by atomic mass is 32.2. The Balaban J connectivity index is 1.17. The number of carbonyl (C=O) groups excluding carboxylic acids is 1. The van der Waals surface area contributed by atoms with Gasteiger partial charge in [0, 0.05) is 17.8 Å². The van der Waals surface area contributed by atoms with Crippen LogP contribution in [0.25, 0.3) is 20.8 Å². The molecule has 0 bridgehead atoms. The fourth-order valence-corrected chi connectivity index (χ4v) is 6.02. The average molecular weight is 544 g/mol. The van der Waals surface area contributed by atoms with Crippen molar-refractivity contribution in [2.24, 2.45) is 0 Å². The van der Waals surface area contributed by atoms with Crippen LogP contribution in [0.1, 0.15) is 29.4 Å². The molecule has 0 spiro atoms. The predicted octanol–water partition coefficient (Wildman–Crippen LogP) is 6.81. The number of aromatic nitrogens is 4. The van der Waals surface area contributed by atoms with Crippen LogP contribution in [0.2, 0.25) is 0 Å². The van der Waals surface area contributed by atoms with E-state index in [2.05, 4.69) is 53.6 Å². The van der Waals surface area contributed by atoms with Crippen LogP contribution in [0.5, 0.6) is 5.75 Å². The number of carbonyl (C=O) groups is 1. The number of nitrogens with one attached hydrogen (secondary N) is 1. The molecule has 0 saturated carbocycles. The maximum absolute atomic E-state index is 12.6. The van der Waals surface area contributed by atoms with Crippen molar-refractivity contribution in [1.29, 1.82) is 0 Å². The number of thioether (sulfide) groups is 1. The van der Waals surface area contributed by atoms with Gasteiger partial charge in [-0.3, -0.25) is 4.79 Å². The monoisotopic (exact) mass is 543 g/mol. The Morgan fingerprint density at radius 3 is 2.53 bits per heavy atom. The second-order valence-electron chi connectivity index (χ2n) is 9.11. The number of hydrogen-bond acceptors (Lipinski definition) is 7. The molecule has 5 aromatic rings. The number of thiazole rings is 1. The molecular weight excluding hydrogens is 514 g/mol. The van der Waals surface area contributed by atoms with Gasteiger partial charge in [0.1, 0.15) is 17.4 Å². The number of fused-ring (bicyclic) bond motifs is 1. The van der Waals surface area contributed by atoms with E-state index in [4.69, 9.17) is 9.72 Å². The van der Waals surface area contributed by atoms with Crippen molar-refractivity contribution in [3.63, 3.8) is 0 Å². The van der Waals surface area contributed by atoms with Crippen LogP contribution in [0.3, 0.4) is 0 Å². The first kappa shape index (κ1) is 25.9. The van der Waals surface area contributed by atoms with Gasteiger partial charge in [-0.2, -0.15) is 0 Å². The Labute approximate surface area is 230 Å². The molecule has 0 unspecified atom stereocenters. The van der Waals surface area contributed by atoms with Crippen LogP contribution >= 0.6 is 23.1 Å². The number of amides is 1.